The zero-order valence-corrected chi connectivity index (χ0v) is 13.4. The highest BCUT2D eigenvalue weighted by molar-refractivity contribution is 5.90. The summed E-state index contributed by atoms with van der Waals surface area (Å²) in [4.78, 5) is 8.84. The molecule has 0 saturated carbocycles. The third-order valence-electron chi connectivity index (χ3n) is 4.05. The Morgan fingerprint density at radius 2 is 1.92 bits per heavy atom. The summed E-state index contributed by atoms with van der Waals surface area (Å²) < 4.78 is 8.59. The molecule has 0 radical (unpaired) electrons. The lowest BCUT2D eigenvalue weighted by molar-refractivity contribution is 0.475. The number of fused-ring (bicyclic) bond motifs is 3. The fourth-order valence-electron chi connectivity index (χ4n) is 2.83. The third kappa shape index (κ3) is 2.25. The Labute approximate surface area is 146 Å². The minimum Gasteiger partial charge on any atom is -0.508 e. The summed E-state index contributed by atoms with van der Waals surface area (Å²) >= 11 is 0. The molecule has 0 amide bonds. The van der Waals surface area contributed by atoms with Gasteiger partial charge in [0, 0.05) is 6.20 Å². The summed E-state index contributed by atoms with van der Waals surface area (Å²) in [7, 11) is 0. The second-order valence-electron chi connectivity index (χ2n) is 5.85. The number of hydrogen-bond acceptors (Lipinski definition) is 7. The topological polar surface area (TPSA) is 120 Å². The van der Waals surface area contributed by atoms with Crippen LogP contribution >= 0.6 is 0 Å². The fraction of sp³-hybridized carbons (Fsp3) is 0.0588. The van der Waals surface area contributed by atoms with Gasteiger partial charge in [0.25, 0.3) is 0 Å². The molecule has 26 heavy (non-hydrogen) atoms. The quantitative estimate of drug-likeness (QED) is 0.512. The van der Waals surface area contributed by atoms with Crippen LogP contribution in [0.3, 0.4) is 0 Å². The average molecular weight is 347 g/mol. The number of benzene rings is 1. The van der Waals surface area contributed by atoms with Gasteiger partial charge in [0.15, 0.2) is 17.1 Å². The maximum absolute atomic E-state index is 9.39. The van der Waals surface area contributed by atoms with Crippen molar-refractivity contribution in [3.8, 4) is 17.3 Å². The van der Waals surface area contributed by atoms with Crippen LogP contribution in [0.15, 0.2) is 53.3 Å². The molecule has 4 aromatic heterocycles. The number of aromatic nitrogens is 6. The standard InChI is InChI=1S/C17H13N7O2/c18-17-20-14-12(9-23(21-14)8-10-3-5-11(25)6-4-10)16-19-15(22-24(16)17)13-2-1-7-26-13/h1-7,9,25H,8H2,(H2,18,20,21). The first kappa shape index (κ1) is 14.5. The molecule has 0 fully saturated rings. The number of aromatic hydroxyl groups is 1. The Hall–Kier alpha value is -3.88. The molecule has 0 aliphatic heterocycles. The summed E-state index contributed by atoms with van der Waals surface area (Å²) in [5.74, 6) is 1.41. The van der Waals surface area contributed by atoms with Crippen LogP contribution in [-0.2, 0) is 6.54 Å². The molecule has 0 aliphatic rings. The van der Waals surface area contributed by atoms with Gasteiger partial charge in [-0.2, -0.15) is 14.6 Å². The van der Waals surface area contributed by atoms with Crippen LogP contribution < -0.4 is 5.73 Å². The zero-order valence-electron chi connectivity index (χ0n) is 13.4. The highest BCUT2D eigenvalue weighted by Gasteiger charge is 2.16. The summed E-state index contributed by atoms with van der Waals surface area (Å²) in [6.45, 7) is 0.530. The van der Waals surface area contributed by atoms with Crippen molar-refractivity contribution in [3.63, 3.8) is 0 Å². The van der Waals surface area contributed by atoms with Crippen molar-refractivity contribution < 1.29 is 9.52 Å². The van der Waals surface area contributed by atoms with Crippen molar-refractivity contribution in [2.24, 2.45) is 0 Å². The number of phenolic OH excluding ortho intramolecular Hbond substituents is 1. The van der Waals surface area contributed by atoms with Crippen molar-refractivity contribution in [1.29, 1.82) is 0 Å². The molecule has 4 heterocycles. The van der Waals surface area contributed by atoms with Gasteiger partial charge in [0.05, 0.1) is 18.2 Å². The summed E-state index contributed by atoms with van der Waals surface area (Å²) in [5, 5.41) is 19.0. The molecule has 0 spiro atoms. The van der Waals surface area contributed by atoms with Gasteiger partial charge in [-0.3, -0.25) is 4.68 Å². The Morgan fingerprint density at radius 1 is 1.08 bits per heavy atom. The Bertz CT molecular complexity index is 1220. The molecule has 0 unspecified atom stereocenters. The predicted molar refractivity (Wildman–Crippen MR) is 93.4 cm³/mol. The monoisotopic (exact) mass is 347 g/mol. The van der Waals surface area contributed by atoms with Gasteiger partial charge in [-0.15, -0.1) is 5.10 Å². The minimum atomic E-state index is 0.202. The van der Waals surface area contributed by atoms with E-state index in [0.29, 0.717) is 29.4 Å². The number of hydrogen-bond donors (Lipinski definition) is 2. The summed E-state index contributed by atoms with van der Waals surface area (Å²) in [5.41, 5.74) is 8.07. The van der Waals surface area contributed by atoms with E-state index < -0.39 is 0 Å². The van der Waals surface area contributed by atoms with Crippen LogP contribution in [0.25, 0.3) is 28.3 Å². The average Bonchev–Trinajstić information content (AvgIpc) is 3.34. The zero-order chi connectivity index (χ0) is 17.7. The van der Waals surface area contributed by atoms with Crippen LogP contribution in [0.2, 0.25) is 0 Å². The van der Waals surface area contributed by atoms with Crippen molar-refractivity contribution in [3.05, 3.63) is 54.4 Å². The number of rotatable bonds is 3. The van der Waals surface area contributed by atoms with Gasteiger partial charge in [-0.1, -0.05) is 12.1 Å². The van der Waals surface area contributed by atoms with Crippen LogP contribution in [0.1, 0.15) is 5.56 Å². The van der Waals surface area contributed by atoms with Gasteiger partial charge in [0.2, 0.25) is 11.8 Å². The molecule has 128 valence electrons. The first-order valence-corrected chi connectivity index (χ1v) is 7.88. The van der Waals surface area contributed by atoms with Gasteiger partial charge in [0.1, 0.15) is 5.75 Å². The number of furan rings is 1. The molecule has 0 aliphatic carbocycles. The van der Waals surface area contributed by atoms with Gasteiger partial charge in [-0.25, -0.2) is 4.98 Å². The number of nitrogens with two attached hydrogens (primary N) is 1. The molecule has 5 rings (SSSR count). The Kier molecular flexibility index (Phi) is 2.95. The van der Waals surface area contributed by atoms with Crippen LogP contribution in [-0.4, -0.2) is 34.5 Å². The molecule has 0 atom stereocenters. The lowest BCUT2D eigenvalue weighted by Crippen LogP contribution is -2.02. The van der Waals surface area contributed by atoms with E-state index in [-0.39, 0.29) is 11.7 Å². The van der Waals surface area contributed by atoms with E-state index >= 15 is 0 Å². The first-order chi connectivity index (χ1) is 12.7. The van der Waals surface area contributed by atoms with E-state index in [2.05, 4.69) is 20.2 Å². The smallest absolute Gasteiger partial charge is 0.225 e. The molecule has 3 N–H and O–H groups in total. The molecule has 0 bridgehead atoms. The summed E-state index contributed by atoms with van der Waals surface area (Å²) in [6.07, 6.45) is 3.42. The molecule has 9 nitrogen and oxygen atoms in total. The van der Waals surface area contributed by atoms with E-state index in [0.717, 1.165) is 10.9 Å². The SMILES string of the molecule is Nc1nc2nn(Cc3ccc(O)cc3)cc2c2nc(-c3ccco3)nn12. The highest BCUT2D eigenvalue weighted by atomic mass is 16.3. The Balaban J connectivity index is 1.63. The number of nitrogen functional groups attached to an aromatic ring is 1. The van der Waals surface area contributed by atoms with E-state index in [1.54, 1.807) is 35.2 Å². The lowest BCUT2D eigenvalue weighted by Gasteiger charge is -2.01. The largest absolute Gasteiger partial charge is 0.508 e. The van der Waals surface area contributed by atoms with Crippen LogP contribution in [0.4, 0.5) is 5.95 Å². The maximum Gasteiger partial charge on any atom is 0.225 e. The molecule has 0 saturated heterocycles. The second-order valence-corrected chi connectivity index (χ2v) is 5.85. The fourth-order valence-corrected chi connectivity index (χ4v) is 2.83. The maximum atomic E-state index is 9.39. The number of anilines is 1. The number of phenols is 1. The highest BCUT2D eigenvalue weighted by Crippen LogP contribution is 2.23. The normalized spacial score (nSPS) is 11.5. The molecule has 9 heteroatoms. The molecular weight excluding hydrogens is 334 g/mol. The van der Waals surface area contributed by atoms with E-state index in [9.17, 15) is 5.11 Å². The van der Waals surface area contributed by atoms with Crippen molar-refractivity contribution in [2.75, 3.05) is 5.73 Å². The van der Waals surface area contributed by atoms with Crippen LogP contribution in [0.5, 0.6) is 5.75 Å². The van der Waals surface area contributed by atoms with Crippen molar-refractivity contribution >= 4 is 22.6 Å². The third-order valence-corrected chi connectivity index (χ3v) is 4.05. The lowest BCUT2D eigenvalue weighted by atomic mass is 10.2. The Morgan fingerprint density at radius 3 is 2.69 bits per heavy atom. The second kappa shape index (κ2) is 5.31. The number of nitrogens with zero attached hydrogens (tertiary/aromatic N) is 6. The van der Waals surface area contributed by atoms with Gasteiger partial charge >= 0.3 is 0 Å². The van der Waals surface area contributed by atoms with E-state index in [1.165, 1.54) is 4.52 Å². The summed E-state index contributed by atoms with van der Waals surface area (Å²) in [6, 6.07) is 10.5. The van der Waals surface area contributed by atoms with Gasteiger partial charge < -0.3 is 15.3 Å². The predicted octanol–water partition coefficient (Wildman–Crippen LogP) is 2.07. The molecular formula is C17H13N7O2. The van der Waals surface area contributed by atoms with Gasteiger partial charge in [-0.05, 0) is 29.8 Å². The van der Waals surface area contributed by atoms with E-state index in [4.69, 9.17) is 10.2 Å². The molecule has 1 aromatic carbocycles. The minimum absolute atomic E-state index is 0.202. The van der Waals surface area contributed by atoms with E-state index in [1.807, 2.05) is 18.3 Å². The van der Waals surface area contributed by atoms with Crippen molar-refractivity contribution in [1.82, 2.24) is 29.4 Å². The first-order valence-electron chi connectivity index (χ1n) is 7.88. The van der Waals surface area contributed by atoms with Crippen LogP contribution in [0, 0.1) is 0 Å². The van der Waals surface area contributed by atoms with Crippen molar-refractivity contribution in [2.45, 2.75) is 6.54 Å². The molecule has 5 aromatic rings.